The van der Waals surface area contributed by atoms with E-state index in [0.717, 1.165) is 29.2 Å². The highest BCUT2D eigenvalue weighted by Gasteiger charge is 2.19. The number of hydrogen-bond acceptors (Lipinski definition) is 6. The van der Waals surface area contributed by atoms with E-state index in [1.54, 1.807) is 22.8 Å². The predicted molar refractivity (Wildman–Crippen MR) is 149 cm³/mol. The van der Waals surface area contributed by atoms with Gasteiger partial charge in [0.1, 0.15) is 25.1 Å². The molecule has 0 saturated heterocycles. The van der Waals surface area contributed by atoms with Crippen LogP contribution in [0.1, 0.15) is 11.3 Å². The molecule has 2 heterocycles. The van der Waals surface area contributed by atoms with Gasteiger partial charge in [-0.3, -0.25) is 0 Å². The van der Waals surface area contributed by atoms with E-state index in [1.807, 2.05) is 17.9 Å². The third-order valence-corrected chi connectivity index (χ3v) is 9.33. The van der Waals surface area contributed by atoms with E-state index in [9.17, 15) is 9.50 Å². The fourth-order valence-corrected chi connectivity index (χ4v) is 5.13. The molecule has 2 aromatic heterocycles. The Balaban J connectivity index is 1.91. The van der Waals surface area contributed by atoms with Crippen LogP contribution >= 0.6 is 0 Å². The van der Waals surface area contributed by atoms with Crippen LogP contribution in [0.25, 0.3) is 16.8 Å². The van der Waals surface area contributed by atoms with E-state index in [0.29, 0.717) is 37.9 Å². The topological polar surface area (TPSA) is 72.1 Å². The predicted octanol–water partition coefficient (Wildman–Crippen LogP) is 5.77. The Morgan fingerprint density at radius 1 is 0.972 bits per heavy atom. The number of ether oxygens (including phenoxy) is 2. The first-order chi connectivity index (χ1) is 16.9. The number of aryl methyl sites for hydroxylation is 1. The lowest BCUT2D eigenvalue weighted by Gasteiger charge is -2.26. The molecule has 3 rings (SSSR count). The Hall–Kier alpha value is -2.12. The number of benzene rings is 1. The molecule has 7 nitrogen and oxygen atoms in total. The second-order valence-electron chi connectivity index (χ2n) is 11.7. The van der Waals surface area contributed by atoms with E-state index in [1.165, 1.54) is 6.07 Å². The minimum atomic E-state index is -1.20. The fraction of sp³-hybridized carbons (Fsp3) is 0.538. The number of rotatable bonds is 13. The summed E-state index contributed by atoms with van der Waals surface area (Å²) in [4.78, 5) is 6.76. The molecule has 0 aliphatic carbocycles. The number of anilines is 1. The van der Waals surface area contributed by atoms with Crippen LogP contribution in [0.15, 0.2) is 30.5 Å². The highest BCUT2D eigenvalue weighted by Crippen LogP contribution is 2.28. The van der Waals surface area contributed by atoms with Gasteiger partial charge in [-0.05, 0) is 30.6 Å². The van der Waals surface area contributed by atoms with Crippen LogP contribution in [0.4, 0.5) is 10.2 Å². The Morgan fingerprint density at radius 3 is 2.11 bits per heavy atom. The average Bonchev–Trinajstić information content (AvgIpc) is 3.19. The maximum Gasteiger partial charge on any atom is 0.165 e. The molecule has 1 N–H and O–H groups in total. The molecular weight excluding hydrogens is 491 g/mol. The summed E-state index contributed by atoms with van der Waals surface area (Å²) in [5.41, 5.74) is 3.10. The van der Waals surface area contributed by atoms with E-state index in [4.69, 9.17) is 14.5 Å². The van der Waals surface area contributed by atoms with Crippen molar-refractivity contribution in [2.24, 2.45) is 0 Å². The zero-order chi connectivity index (χ0) is 26.5. The molecule has 198 valence electrons. The SMILES string of the molecule is Cc1cc(N(COCC[Si](C)(C)C)COCC[Si](C)(C)C)n2ncc(-c3ccc(CO)c(F)c3)c2n1. The molecule has 0 aliphatic heterocycles. The molecule has 1 aromatic carbocycles. The molecule has 0 spiro atoms. The highest BCUT2D eigenvalue weighted by molar-refractivity contribution is 6.76. The average molecular weight is 533 g/mol. The molecule has 0 unspecified atom stereocenters. The van der Waals surface area contributed by atoms with Crippen molar-refractivity contribution in [1.29, 1.82) is 0 Å². The number of halogens is 1. The Bertz CT molecular complexity index is 1140. The number of aliphatic hydroxyl groups excluding tert-OH is 1. The van der Waals surface area contributed by atoms with Crippen molar-refractivity contribution in [3.8, 4) is 11.1 Å². The summed E-state index contributed by atoms with van der Waals surface area (Å²) in [6, 6.07) is 8.95. The van der Waals surface area contributed by atoms with Crippen molar-refractivity contribution in [3.63, 3.8) is 0 Å². The van der Waals surface area contributed by atoms with Gasteiger partial charge in [0.25, 0.3) is 0 Å². The van der Waals surface area contributed by atoms with Gasteiger partial charge in [-0.1, -0.05) is 51.4 Å². The second-order valence-corrected chi connectivity index (χ2v) is 23.0. The molecule has 0 radical (unpaired) electrons. The van der Waals surface area contributed by atoms with E-state index in [-0.39, 0.29) is 12.2 Å². The van der Waals surface area contributed by atoms with Crippen molar-refractivity contribution in [2.75, 3.05) is 31.6 Å². The van der Waals surface area contributed by atoms with Gasteiger partial charge in [-0.2, -0.15) is 9.61 Å². The molecular formula is C26H41FN4O3Si2. The quantitative estimate of drug-likeness (QED) is 0.171. The van der Waals surface area contributed by atoms with Crippen molar-refractivity contribution in [3.05, 3.63) is 47.5 Å². The fourth-order valence-electron chi connectivity index (χ4n) is 3.61. The van der Waals surface area contributed by atoms with E-state index >= 15 is 0 Å². The Labute approximate surface area is 216 Å². The van der Waals surface area contributed by atoms with Crippen molar-refractivity contribution in [2.45, 2.75) is 64.9 Å². The largest absolute Gasteiger partial charge is 0.392 e. The minimum Gasteiger partial charge on any atom is -0.392 e. The van der Waals surface area contributed by atoms with Crippen LogP contribution in [0.2, 0.25) is 51.4 Å². The van der Waals surface area contributed by atoms with Gasteiger partial charge in [0, 0.05) is 52.2 Å². The Kier molecular flexibility index (Phi) is 9.45. The first-order valence-corrected chi connectivity index (χ1v) is 19.9. The summed E-state index contributed by atoms with van der Waals surface area (Å²) in [5.74, 6) is 0.368. The van der Waals surface area contributed by atoms with Gasteiger partial charge in [0.15, 0.2) is 5.65 Å². The second kappa shape index (κ2) is 12.0. The van der Waals surface area contributed by atoms with Crippen LogP contribution in [-0.4, -0.2) is 62.5 Å². The van der Waals surface area contributed by atoms with Crippen molar-refractivity contribution in [1.82, 2.24) is 14.6 Å². The molecule has 0 fully saturated rings. The van der Waals surface area contributed by atoms with Crippen LogP contribution in [0, 0.1) is 12.7 Å². The molecule has 36 heavy (non-hydrogen) atoms. The summed E-state index contributed by atoms with van der Waals surface area (Å²) < 4.78 is 28.4. The van der Waals surface area contributed by atoms with E-state index < -0.39 is 22.0 Å². The maximum absolute atomic E-state index is 14.4. The summed E-state index contributed by atoms with van der Waals surface area (Å²) >= 11 is 0. The van der Waals surface area contributed by atoms with Crippen molar-refractivity contribution >= 4 is 27.6 Å². The number of fused-ring (bicyclic) bond motifs is 1. The third kappa shape index (κ3) is 7.94. The van der Waals surface area contributed by atoms with Gasteiger partial charge < -0.3 is 19.5 Å². The summed E-state index contributed by atoms with van der Waals surface area (Å²) in [7, 11) is -2.41. The molecule has 0 atom stereocenters. The first-order valence-electron chi connectivity index (χ1n) is 12.5. The number of nitrogens with zero attached hydrogens (tertiary/aromatic N) is 4. The third-order valence-electron chi connectivity index (χ3n) is 5.93. The summed E-state index contributed by atoms with van der Waals surface area (Å²) in [5, 5.41) is 13.9. The molecule has 10 heteroatoms. The number of hydrogen-bond donors (Lipinski definition) is 1. The number of aliphatic hydroxyl groups is 1. The summed E-state index contributed by atoms with van der Waals surface area (Å²) in [6.45, 7) is 17.8. The Morgan fingerprint density at radius 2 is 1.58 bits per heavy atom. The number of aromatic nitrogens is 3. The summed E-state index contributed by atoms with van der Waals surface area (Å²) in [6.07, 6.45) is 1.70. The van der Waals surface area contributed by atoms with Crippen LogP contribution in [-0.2, 0) is 16.1 Å². The molecule has 0 bridgehead atoms. The highest BCUT2D eigenvalue weighted by atomic mass is 28.3. The molecule has 0 amide bonds. The van der Waals surface area contributed by atoms with Gasteiger partial charge in [0.05, 0.1) is 12.8 Å². The van der Waals surface area contributed by atoms with Crippen molar-refractivity contribution < 1.29 is 19.0 Å². The van der Waals surface area contributed by atoms with Gasteiger partial charge in [0.2, 0.25) is 0 Å². The van der Waals surface area contributed by atoms with Gasteiger partial charge >= 0.3 is 0 Å². The van der Waals surface area contributed by atoms with E-state index in [2.05, 4.69) is 44.4 Å². The normalized spacial score (nSPS) is 12.5. The smallest absolute Gasteiger partial charge is 0.165 e. The standard InChI is InChI=1S/C26H41FN4O3Si2/c1-20-14-25(30(18-33-10-12-35(2,3)4)19-34-11-13-36(5,6)7)31-26(29-20)23(16-28-31)21-8-9-22(17-32)24(27)15-21/h8-9,14-16,32H,10-13,17-19H2,1-7H3. The monoisotopic (exact) mass is 532 g/mol. The van der Waals surface area contributed by atoms with Gasteiger partial charge in [-0.15, -0.1) is 0 Å². The molecule has 3 aromatic rings. The van der Waals surface area contributed by atoms with Crippen LogP contribution in [0.5, 0.6) is 0 Å². The maximum atomic E-state index is 14.4. The first kappa shape index (κ1) is 28.5. The van der Waals surface area contributed by atoms with Crippen LogP contribution < -0.4 is 4.90 Å². The zero-order valence-electron chi connectivity index (χ0n) is 22.8. The molecule has 0 aliphatic rings. The zero-order valence-corrected chi connectivity index (χ0v) is 24.8. The lowest BCUT2D eigenvalue weighted by molar-refractivity contribution is 0.0942. The van der Waals surface area contributed by atoms with Gasteiger partial charge in [-0.25, -0.2) is 9.37 Å². The lowest BCUT2D eigenvalue weighted by atomic mass is 10.1. The van der Waals surface area contributed by atoms with Crippen LogP contribution in [0.3, 0.4) is 0 Å². The minimum absolute atomic E-state index is 0.261. The molecule has 0 saturated carbocycles. The lowest BCUT2D eigenvalue weighted by Crippen LogP contribution is -2.33.